The molecule has 3 aromatic heterocycles. The van der Waals surface area contributed by atoms with E-state index >= 15 is 0 Å². The molecule has 0 spiro atoms. The predicted octanol–water partition coefficient (Wildman–Crippen LogP) is 3.72. The fourth-order valence-corrected chi connectivity index (χ4v) is 4.25. The molecule has 0 aliphatic carbocycles. The van der Waals surface area contributed by atoms with Gasteiger partial charge in [0.2, 0.25) is 0 Å². The van der Waals surface area contributed by atoms with Crippen LogP contribution in [-0.4, -0.2) is 44.8 Å². The molecule has 4 aromatic rings. The van der Waals surface area contributed by atoms with E-state index < -0.39 is 0 Å². The van der Waals surface area contributed by atoms with E-state index in [-0.39, 0.29) is 11.9 Å². The van der Waals surface area contributed by atoms with Gasteiger partial charge in [-0.05, 0) is 38.5 Å². The van der Waals surface area contributed by atoms with Crippen molar-refractivity contribution in [1.29, 1.82) is 0 Å². The summed E-state index contributed by atoms with van der Waals surface area (Å²) in [5, 5.41) is 8.56. The largest absolute Gasteiger partial charge is 0.496 e. The maximum Gasteiger partial charge on any atom is 0.252 e. The number of pyridine rings is 1. The van der Waals surface area contributed by atoms with Gasteiger partial charge in [0.1, 0.15) is 17.9 Å². The lowest BCUT2D eigenvalue weighted by Gasteiger charge is -2.22. The van der Waals surface area contributed by atoms with Crippen LogP contribution in [0.4, 0.5) is 5.82 Å². The van der Waals surface area contributed by atoms with Crippen molar-refractivity contribution in [2.75, 3.05) is 19.9 Å². The number of ether oxygens (including phenoxy) is 1. The van der Waals surface area contributed by atoms with Gasteiger partial charge in [0, 0.05) is 41.2 Å². The number of anilines is 1. The van der Waals surface area contributed by atoms with Crippen molar-refractivity contribution in [1.82, 2.24) is 30.0 Å². The number of nitrogen functional groups attached to an aromatic ring is 1. The molecule has 0 bridgehead atoms. The molecule has 0 saturated heterocycles. The molecular weight excluding hydrogens is 442 g/mol. The summed E-state index contributed by atoms with van der Waals surface area (Å²) in [5.41, 5.74) is 10.9. The van der Waals surface area contributed by atoms with E-state index in [0.717, 1.165) is 27.9 Å². The second kappa shape index (κ2) is 8.67. The van der Waals surface area contributed by atoms with Crippen LogP contribution in [0.15, 0.2) is 30.9 Å². The first-order valence-electron chi connectivity index (χ1n) is 10.3. The summed E-state index contributed by atoms with van der Waals surface area (Å²) < 4.78 is 7.68. The lowest BCUT2D eigenvalue weighted by atomic mass is 9.94. The van der Waals surface area contributed by atoms with Gasteiger partial charge in [0.05, 0.1) is 29.8 Å². The van der Waals surface area contributed by atoms with Crippen LogP contribution in [0.2, 0.25) is 5.02 Å². The molecule has 4 rings (SSSR count). The van der Waals surface area contributed by atoms with Gasteiger partial charge in [0.25, 0.3) is 5.91 Å². The Morgan fingerprint density at radius 1 is 1.24 bits per heavy atom. The molecule has 1 atom stereocenters. The fourth-order valence-electron chi connectivity index (χ4n) is 4.04. The Morgan fingerprint density at radius 2 is 2.00 bits per heavy atom. The number of nitrogens with two attached hydrogens (primary N) is 1. The third kappa shape index (κ3) is 3.74. The summed E-state index contributed by atoms with van der Waals surface area (Å²) in [6.07, 6.45) is 4.62. The molecule has 0 saturated carbocycles. The predicted molar refractivity (Wildman–Crippen MR) is 128 cm³/mol. The first-order valence-corrected chi connectivity index (χ1v) is 10.7. The van der Waals surface area contributed by atoms with Gasteiger partial charge in [-0.1, -0.05) is 11.6 Å². The molecule has 33 heavy (non-hydrogen) atoms. The molecule has 0 radical (unpaired) electrons. The lowest BCUT2D eigenvalue weighted by molar-refractivity contribution is 0.0962. The first-order chi connectivity index (χ1) is 15.8. The highest BCUT2D eigenvalue weighted by Gasteiger charge is 2.25. The number of carbonyl (C=O) groups is 1. The Hall–Kier alpha value is -3.72. The SMILES string of the molecule is CNC(=O)c1cncc(-c2c(C)c(Cl)cc(C(C)n3nc(C)c4c(N)ncnc43)c2OC)c1. The number of rotatable bonds is 5. The molecular formula is C23H24ClN7O2. The molecule has 1 amide bonds. The maximum absolute atomic E-state index is 12.2. The van der Waals surface area contributed by atoms with Crippen molar-refractivity contribution < 1.29 is 9.53 Å². The number of hydrogen-bond donors (Lipinski definition) is 2. The van der Waals surface area contributed by atoms with Crippen LogP contribution in [0.5, 0.6) is 5.75 Å². The molecule has 0 aliphatic rings. The fraction of sp³-hybridized carbons (Fsp3) is 0.261. The van der Waals surface area contributed by atoms with Crippen molar-refractivity contribution in [2.45, 2.75) is 26.8 Å². The number of hydrogen-bond acceptors (Lipinski definition) is 7. The zero-order chi connectivity index (χ0) is 23.9. The van der Waals surface area contributed by atoms with Gasteiger partial charge < -0.3 is 15.8 Å². The minimum absolute atomic E-state index is 0.229. The Labute approximate surface area is 196 Å². The number of nitrogens with one attached hydrogen (secondary N) is 1. The number of halogens is 1. The summed E-state index contributed by atoms with van der Waals surface area (Å²) in [4.78, 5) is 24.9. The molecule has 1 unspecified atom stereocenters. The smallest absolute Gasteiger partial charge is 0.252 e. The standard InChI is InChI=1S/C23H24ClN7O2/c1-11-17(24)7-16(13(3)31-22-19(12(2)30-31)21(25)28-10-29-22)20(33-5)18(11)14-6-15(9-27-8-14)23(32)26-4/h6-10,13H,1-5H3,(H,26,32)(H2,25,28,29). The van der Waals surface area contributed by atoms with Gasteiger partial charge in [-0.3, -0.25) is 9.78 Å². The molecule has 10 heteroatoms. The Bertz CT molecular complexity index is 1380. The quantitative estimate of drug-likeness (QED) is 0.460. The summed E-state index contributed by atoms with van der Waals surface area (Å²) in [7, 11) is 3.18. The maximum atomic E-state index is 12.2. The third-order valence-electron chi connectivity index (χ3n) is 5.74. The van der Waals surface area contributed by atoms with Crippen molar-refractivity contribution in [3.05, 3.63) is 58.3 Å². The molecule has 1 aromatic carbocycles. The highest BCUT2D eigenvalue weighted by atomic mass is 35.5. The third-order valence-corrected chi connectivity index (χ3v) is 6.13. The second-order valence-corrected chi connectivity index (χ2v) is 8.09. The number of methoxy groups -OCH3 is 1. The highest BCUT2D eigenvalue weighted by Crippen LogP contribution is 2.43. The summed E-state index contributed by atoms with van der Waals surface area (Å²) in [5.74, 6) is 0.763. The van der Waals surface area contributed by atoms with Crippen molar-refractivity contribution >= 4 is 34.4 Å². The number of aryl methyl sites for hydroxylation is 1. The van der Waals surface area contributed by atoms with Crippen LogP contribution in [0.25, 0.3) is 22.2 Å². The lowest BCUT2D eigenvalue weighted by Crippen LogP contribution is -2.18. The summed E-state index contributed by atoms with van der Waals surface area (Å²) >= 11 is 6.68. The zero-order valence-electron chi connectivity index (χ0n) is 19.0. The average molecular weight is 466 g/mol. The molecule has 0 fully saturated rings. The van der Waals surface area contributed by atoms with Crippen LogP contribution in [-0.2, 0) is 0 Å². The van der Waals surface area contributed by atoms with Crippen LogP contribution in [0.1, 0.15) is 40.1 Å². The van der Waals surface area contributed by atoms with Crippen LogP contribution < -0.4 is 15.8 Å². The van der Waals surface area contributed by atoms with E-state index in [1.807, 2.05) is 26.8 Å². The van der Waals surface area contributed by atoms with E-state index in [1.165, 1.54) is 12.5 Å². The average Bonchev–Trinajstić information content (AvgIpc) is 3.17. The number of fused-ring (bicyclic) bond motifs is 1. The van der Waals surface area contributed by atoms with Crippen molar-refractivity contribution in [3.63, 3.8) is 0 Å². The van der Waals surface area contributed by atoms with Crippen molar-refractivity contribution in [2.24, 2.45) is 0 Å². The highest BCUT2D eigenvalue weighted by molar-refractivity contribution is 6.32. The van der Waals surface area contributed by atoms with Gasteiger partial charge in [-0.15, -0.1) is 0 Å². The topological polar surface area (TPSA) is 121 Å². The number of amides is 1. The van der Waals surface area contributed by atoms with Gasteiger partial charge in [0.15, 0.2) is 5.65 Å². The molecule has 9 nitrogen and oxygen atoms in total. The van der Waals surface area contributed by atoms with E-state index in [4.69, 9.17) is 22.1 Å². The Morgan fingerprint density at radius 3 is 2.70 bits per heavy atom. The summed E-state index contributed by atoms with van der Waals surface area (Å²) in [6, 6.07) is 3.34. The van der Waals surface area contributed by atoms with Crippen molar-refractivity contribution in [3.8, 4) is 16.9 Å². The molecule has 0 aliphatic heterocycles. The normalized spacial score (nSPS) is 12.1. The monoisotopic (exact) mass is 465 g/mol. The zero-order valence-corrected chi connectivity index (χ0v) is 19.7. The molecule has 3 heterocycles. The van der Waals surface area contributed by atoms with Gasteiger partial charge in [-0.25, -0.2) is 14.6 Å². The van der Waals surface area contributed by atoms with Gasteiger partial charge in [-0.2, -0.15) is 5.10 Å². The van der Waals surface area contributed by atoms with Gasteiger partial charge >= 0.3 is 0 Å². The van der Waals surface area contributed by atoms with E-state index in [2.05, 4.69) is 25.4 Å². The first kappa shape index (κ1) is 22.5. The van der Waals surface area contributed by atoms with Crippen LogP contribution in [0.3, 0.4) is 0 Å². The number of aromatic nitrogens is 5. The van der Waals surface area contributed by atoms with Crippen LogP contribution >= 0.6 is 11.6 Å². The minimum Gasteiger partial charge on any atom is -0.496 e. The molecule has 3 N–H and O–H groups in total. The number of nitrogens with zero attached hydrogens (tertiary/aromatic N) is 5. The Kier molecular flexibility index (Phi) is 5.90. The number of benzene rings is 1. The summed E-state index contributed by atoms with van der Waals surface area (Å²) in [6.45, 7) is 5.76. The number of carbonyl (C=O) groups excluding carboxylic acids is 1. The van der Waals surface area contributed by atoms with Crippen LogP contribution in [0, 0.1) is 13.8 Å². The second-order valence-electron chi connectivity index (χ2n) is 7.69. The molecule has 170 valence electrons. The Balaban J connectivity index is 1.94. The minimum atomic E-state index is -0.294. The van der Waals surface area contributed by atoms with E-state index in [0.29, 0.717) is 33.2 Å². The van der Waals surface area contributed by atoms with E-state index in [1.54, 1.807) is 31.1 Å². The van der Waals surface area contributed by atoms with E-state index in [9.17, 15) is 4.79 Å².